The molecule has 2 heterocycles. The lowest BCUT2D eigenvalue weighted by atomic mass is 9.76. The number of methoxy groups -OCH3 is 3. The largest absolute Gasteiger partial charge is 0.504 e. The van der Waals surface area contributed by atoms with Gasteiger partial charge in [0.1, 0.15) is 5.75 Å². The van der Waals surface area contributed by atoms with Crippen molar-refractivity contribution in [2.75, 3.05) is 48.5 Å². The van der Waals surface area contributed by atoms with Crippen LogP contribution < -0.4 is 18.9 Å². The van der Waals surface area contributed by atoms with Crippen LogP contribution in [0.4, 0.5) is 0 Å². The van der Waals surface area contributed by atoms with Crippen molar-refractivity contribution in [1.29, 1.82) is 0 Å². The molecule has 0 saturated carbocycles. The lowest BCUT2D eigenvalue weighted by Crippen LogP contribution is -2.35. The van der Waals surface area contributed by atoms with E-state index < -0.39 is 0 Å². The quantitative estimate of drug-likeness (QED) is 0.248. The van der Waals surface area contributed by atoms with E-state index in [1.165, 1.54) is 22.3 Å². The summed E-state index contributed by atoms with van der Waals surface area (Å²) in [4.78, 5) is 4.73. The molecule has 234 valence electrons. The highest BCUT2D eigenvalue weighted by Crippen LogP contribution is 2.53. The number of nitrogens with zero attached hydrogens (tertiary/aromatic N) is 2. The van der Waals surface area contributed by atoms with E-state index in [0.717, 1.165) is 72.5 Å². The number of ether oxygens (including phenoxy) is 4. The average Bonchev–Trinajstić information content (AvgIpc) is 3.05. The van der Waals surface area contributed by atoms with Gasteiger partial charge in [-0.05, 0) is 121 Å². The lowest BCUT2D eigenvalue weighted by molar-refractivity contribution is 0.226. The van der Waals surface area contributed by atoms with Gasteiger partial charge in [0.25, 0.3) is 0 Å². The standard InChI is InChI=1S/C37H40N2O6/c1-38-12-10-22-16-32(42-3)33(43-4)20-26(22)28(38)14-21-6-8-25(9-7-21)45-31-18-24-15-29-35-23(11-13-39(29)2)17-34(44-5)37(41)36(35)27(24)19-30(31)40/h6-9,16-20,28-29,40-41H,10-15H2,1-5H3. The minimum atomic E-state index is 0.0289. The van der Waals surface area contributed by atoms with Crippen molar-refractivity contribution >= 4 is 0 Å². The summed E-state index contributed by atoms with van der Waals surface area (Å²) in [5, 5.41) is 22.3. The molecule has 0 saturated heterocycles. The van der Waals surface area contributed by atoms with Crippen LogP contribution in [-0.4, -0.2) is 68.5 Å². The number of hydrogen-bond acceptors (Lipinski definition) is 8. The van der Waals surface area contributed by atoms with Gasteiger partial charge in [-0.3, -0.25) is 9.80 Å². The van der Waals surface area contributed by atoms with Gasteiger partial charge in [0.15, 0.2) is 34.5 Å². The summed E-state index contributed by atoms with van der Waals surface area (Å²) in [6.45, 7) is 1.90. The fourth-order valence-electron chi connectivity index (χ4n) is 7.43. The van der Waals surface area contributed by atoms with Gasteiger partial charge >= 0.3 is 0 Å². The van der Waals surface area contributed by atoms with E-state index in [1.54, 1.807) is 27.4 Å². The number of aromatic hydroxyl groups is 2. The summed E-state index contributed by atoms with van der Waals surface area (Å²) in [5.41, 5.74) is 8.65. The first-order chi connectivity index (χ1) is 21.8. The molecule has 0 radical (unpaired) electrons. The van der Waals surface area contributed by atoms with Crippen molar-refractivity contribution in [3.05, 3.63) is 88.0 Å². The van der Waals surface area contributed by atoms with Crippen molar-refractivity contribution in [1.82, 2.24) is 9.80 Å². The summed E-state index contributed by atoms with van der Waals surface area (Å²) in [6.07, 6.45) is 3.46. The number of fused-ring (bicyclic) bond motifs is 3. The number of rotatable bonds is 7. The zero-order chi connectivity index (χ0) is 31.4. The Labute approximate surface area is 264 Å². The predicted molar refractivity (Wildman–Crippen MR) is 173 cm³/mol. The van der Waals surface area contributed by atoms with Crippen LogP contribution in [-0.2, 0) is 25.7 Å². The van der Waals surface area contributed by atoms with E-state index in [-0.39, 0.29) is 23.6 Å². The summed E-state index contributed by atoms with van der Waals surface area (Å²) < 4.78 is 22.9. The van der Waals surface area contributed by atoms with Crippen molar-refractivity contribution in [2.24, 2.45) is 0 Å². The Morgan fingerprint density at radius 1 is 0.733 bits per heavy atom. The Balaban J connectivity index is 1.15. The fourth-order valence-corrected chi connectivity index (χ4v) is 7.43. The maximum atomic E-state index is 11.2. The molecule has 8 nitrogen and oxygen atoms in total. The highest BCUT2D eigenvalue weighted by molar-refractivity contribution is 5.84. The summed E-state index contributed by atoms with van der Waals surface area (Å²) in [7, 11) is 9.22. The molecule has 0 bridgehead atoms. The SMILES string of the molecule is COc1cc2c(cc1OC)C(Cc1ccc(Oc3cc4c(cc3O)-c3c(O)c(OC)cc5c3C(C4)N(C)CC5)cc1)N(C)CC2. The molecule has 0 amide bonds. The van der Waals surface area contributed by atoms with Crippen LogP contribution in [0.25, 0.3) is 11.1 Å². The van der Waals surface area contributed by atoms with Gasteiger partial charge in [-0.1, -0.05) is 12.1 Å². The van der Waals surface area contributed by atoms with Gasteiger partial charge < -0.3 is 29.2 Å². The number of likely N-dealkylation sites (N-methyl/N-ethyl adjacent to an activating group) is 2. The molecule has 2 N–H and O–H groups in total. The van der Waals surface area contributed by atoms with E-state index in [2.05, 4.69) is 48.2 Å². The normalized spacial score (nSPS) is 18.9. The monoisotopic (exact) mass is 608 g/mol. The number of phenols is 2. The zero-order valence-corrected chi connectivity index (χ0v) is 26.5. The molecule has 0 spiro atoms. The van der Waals surface area contributed by atoms with E-state index in [0.29, 0.717) is 17.2 Å². The second-order valence-electron chi connectivity index (χ2n) is 12.4. The number of benzene rings is 4. The van der Waals surface area contributed by atoms with Gasteiger partial charge in [-0.25, -0.2) is 0 Å². The molecule has 3 aliphatic rings. The molecule has 1 aliphatic carbocycles. The van der Waals surface area contributed by atoms with Crippen molar-refractivity contribution < 1.29 is 29.2 Å². The van der Waals surface area contributed by atoms with Gasteiger partial charge in [0.05, 0.1) is 21.3 Å². The topological polar surface area (TPSA) is 83.9 Å². The molecular formula is C37H40N2O6. The van der Waals surface area contributed by atoms with Crippen LogP contribution in [0.2, 0.25) is 0 Å². The predicted octanol–water partition coefficient (Wildman–Crippen LogP) is 6.44. The van der Waals surface area contributed by atoms with Crippen molar-refractivity contribution in [2.45, 2.75) is 37.8 Å². The molecule has 2 unspecified atom stereocenters. The first-order valence-electron chi connectivity index (χ1n) is 15.5. The first kappa shape index (κ1) is 29.3. The van der Waals surface area contributed by atoms with E-state index in [1.807, 2.05) is 24.3 Å². The minimum Gasteiger partial charge on any atom is -0.504 e. The lowest BCUT2D eigenvalue weighted by Gasteiger charge is -2.40. The molecule has 0 fully saturated rings. The van der Waals surface area contributed by atoms with Crippen LogP contribution in [0, 0.1) is 0 Å². The molecule has 2 atom stereocenters. The summed E-state index contributed by atoms with van der Waals surface area (Å²) >= 11 is 0. The van der Waals surface area contributed by atoms with Crippen LogP contribution in [0.15, 0.2) is 54.6 Å². The van der Waals surface area contributed by atoms with E-state index in [4.69, 9.17) is 18.9 Å². The Morgan fingerprint density at radius 3 is 2.11 bits per heavy atom. The third kappa shape index (κ3) is 5.02. The molecule has 2 aliphatic heterocycles. The maximum Gasteiger partial charge on any atom is 0.169 e. The van der Waals surface area contributed by atoms with Crippen LogP contribution in [0.1, 0.15) is 45.5 Å². The number of phenolic OH excluding ortho intramolecular Hbond substituents is 2. The van der Waals surface area contributed by atoms with Gasteiger partial charge in [-0.2, -0.15) is 0 Å². The highest BCUT2D eigenvalue weighted by Gasteiger charge is 2.36. The Morgan fingerprint density at radius 2 is 1.38 bits per heavy atom. The van der Waals surface area contributed by atoms with Gasteiger partial charge in [0, 0.05) is 30.7 Å². The fraction of sp³-hybridized carbons (Fsp3) is 0.351. The molecular weight excluding hydrogens is 568 g/mol. The van der Waals surface area contributed by atoms with E-state index in [9.17, 15) is 10.2 Å². The average molecular weight is 609 g/mol. The molecule has 4 aromatic rings. The minimum absolute atomic E-state index is 0.0289. The molecule has 45 heavy (non-hydrogen) atoms. The van der Waals surface area contributed by atoms with Crippen molar-refractivity contribution in [3.63, 3.8) is 0 Å². The maximum absolute atomic E-state index is 11.2. The molecule has 0 aromatic heterocycles. The number of hydrogen-bond donors (Lipinski definition) is 2. The Bertz CT molecular complexity index is 1770. The van der Waals surface area contributed by atoms with Crippen molar-refractivity contribution in [3.8, 4) is 51.4 Å². The summed E-state index contributed by atoms with van der Waals surface area (Å²) in [6, 6.07) is 18.3. The molecule has 7 rings (SSSR count). The molecule has 4 aromatic carbocycles. The van der Waals surface area contributed by atoms with Gasteiger partial charge in [0.2, 0.25) is 0 Å². The van der Waals surface area contributed by atoms with Gasteiger partial charge in [-0.15, -0.1) is 0 Å². The summed E-state index contributed by atoms with van der Waals surface area (Å²) in [5.74, 6) is 3.16. The van der Waals surface area contributed by atoms with Crippen LogP contribution in [0.5, 0.6) is 40.2 Å². The van der Waals surface area contributed by atoms with E-state index >= 15 is 0 Å². The molecule has 8 heteroatoms. The Hall–Kier alpha value is -4.40. The van der Waals surface area contributed by atoms with Crippen LogP contribution >= 0.6 is 0 Å². The Kier molecular flexibility index (Phi) is 7.50. The second-order valence-corrected chi connectivity index (χ2v) is 12.4. The van der Waals surface area contributed by atoms with Crippen LogP contribution in [0.3, 0.4) is 0 Å². The second kappa shape index (κ2) is 11.5. The third-order valence-electron chi connectivity index (χ3n) is 9.93. The highest BCUT2D eigenvalue weighted by atomic mass is 16.5. The third-order valence-corrected chi connectivity index (χ3v) is 9.93. The first-order valence-corrected chi connectivity index (χ1v) is 15.5. The zero-order valence-electron chi connectivity index (χ0n) is 26.5. The smallest absolute Gasteiger partial charge is 0.169 e.